The summed E-state index contributed by atoms with van der Waals surface area (Å²) in [5.74, 6) is 0.781. The van der Waals surface area contributed by atoms with E-state index in [0.29, 0.717) is 41.3 Å². The molecule has 0 unspecified atom stereocenters. The van der Waals surface area contributed by atoms with Crippen LogP contribution in [0.5, 0.6) is 5.75 Å². The number of hydrogen-bond donors (Lipinski definition) is 0. The van der Waals surface area contributed by atoms with Crippen LogP contribution in [0.2, 0.25) is 0 Å². The molecule has 3 aromatic carbocycles. The smallest absolute Gasteiger partial charge is 0.342 e. The highest BCUT2D eigenvalue weighted by molar-refractivity contribution is 6.09. The maximum atomic E-state index is 12.7. The van der Waals surface area contributed by atoms with Crippen molar-refractivity contribution >= 4 is 16.9 Å². The van der Waals surface area contributed by atoms with Crippen LogP contribution in [0, 0.1) is 6.92 Å². The zero-order valence-corrected chi connectivity index (χ0v) is 16.5. The Labute approximate surface area is 169 Å². The van der Waals surface area contributed by atoms with Gasteiger partial charge in [-0.15, -0.1) is 0 Å². The van der Waals surface area contributed by atoms with Gasteiger partial charge in [0.1, 0.15) is 29.3 Å². The minimum atomic E-state index is -0.402. The quantitative estimate of drug-likeness (QED) is 0.372. The number of rotatable bonds is 6. The van der Waals surface area contributed by atoms with Gasteiger partial charge in [-0.3, -0.25) is 0 Å². The summed E-state index contributed by atoms with van der Waals surface area (Å²) in [5.41, 5.74) is 4.17. The van der Waals surface area contributed by atoms with E-state index in [2.05, 4.69) is 13.0 Å². The molecule has 0 spiro atoms. The molecule has 1 heterocycles. The van der Waals surface area contributed by atoms with Crippen LogP contribution in [0.4, 0.5) is 0 Å². The molecule has 0 saturated carbocycles. The molecule has 1 aromatic heterocycles. The van der Waals surface area contributed by atoms with Gasteiger partial charge in [0.05, 0.1) is 6.61 Å². The second-order valence-electron chi connectivity index (χ2n) is 6.77. The van der Waals surface area contributed by atoms with Crippen LogP contribution in [0.25, 0.3) is 22.3 Å². The molecule has 0 N–H and O–H groups in total. The molecule has 0 amide bonds. The van der Waals surface area contributed by atoms with Crippen molar-refractivity contribution in [3.63, 3.8) is 0 Å². The van der Waals surface area contributed by atoms with Gasteiger partial charge in [0.15, 0.2) is 0 Å². The van der Waals surface area contributed by atoms with E-state index >= 15 is 0 Å². The summed E-state index contributed by atoms with van der Waals surface area (Å²) in [7, 11) is 0. The molecule has 146 valence electrons. The van der Waals surface area contributed by atoms with Crippen LogP contribution >= 0.6 is 0 Å². The number of carbonyl (C=O) groups is 1. The maximum Gasteiger partial charge on any atom is 0.342 e. The summed E-state index contributed by atoms with van der Waals surface area (Å²) in [6.45, 7) is 4.60. The Morgan fingerprint density at radius 2 is 1.72 bits per heavy atom. The van der Waals surface area contributed by atoms with E-state index in [1.807, 2.05) is 66.7 Å². The molecule has 0 fully saturated rings. The van der Waals surface area contributed by atoms with E-state index in [9.17, 15) is 4.79 Å². The van der Waals surface area contributed by atoms with Gasteiger partial charge in [0.2, 0.25) is 0 Å². The van der Waals surface area contributed by atoms with Crippen molar-refractivity contribution in [2.75, 3.05) is 6.61 Å². The standard InChI is InChI=1S/C25H22O4/c1-3-27-25(26)23-21-15-20(28-16-19-12-8-7-9-17(19)2)13-14-22(21)29-24(23)18-10-5-4-6-11-18/h4-15H,3,16H2,1-2H3. The summed E-state index contributed by atoms with van der Waals surface area (Å²) in [6.07, 6.45) is 0. The van der Waals surface area contributed by atoms with Crippen LogP contribution in [-0.4, -0.2) is 12.6 Å². The second-order valence-corrected chi connectivity index (χ2v) is 6.77. The lowest BCUT2D eigenvalue weighted by atomic mass is 10.1. The van der Waals surface area contributed by atoms with Crippen molar-refractivity contribution in [2.24, 2.45) is 0 Å². The molecule has 0 aliphatic carbocycles. The van der Waals surface area contributed by atoms with Gasteiger partial charge in [-0.05, 0) is 43.2 Å². The Morgan fingerprint density at radius 1 is 0.966 bits per heavy atom. The molecular formula is C25H22O4. The average Bonchev–Trinajstić information content (AvgIpc) is 3.13. The minimum Gasteiger partial charge on any atom is -0.489 e. The van der Waals surface area contributed by atoms with Gasteiger partial charge in [-0.25, -0.2) is 4.79 Å². The average molecular weight is 386 g/mol. The van der Waals surface area contributed by atoms with Gasteiger partial charge in [-0.2, -0.15) is 0 Å². The highest BCUT2D eigenvalue weighted by atomic mass is 16.5. The largest absolute Gasteiger partial charge is 0.489 e. The van der Waals surface area contributed by atoms with Crippen LogP contribution in [-0.2, 0) is 11.3 Å². The van der Waals surface area contributed by atoms with E-state index in [-0.39, 0.29) is 0 Å². The van der Waals surface area contributed by atoms with Gasteiger partial charge in [-0.1, -0.05) is 54.6 Å². The fourth-order valence-corrected chi connectivity index (χ4v) is 3.30. The van der Waals surface area contributed by atoms with Crippen LogP contribution < -0.4 is 4.74 Å². The number of fused-ring (bicyclic) bond motifs is 1. The van der Waals surface area contributed by atoms with Crippen molar-refractivity contribution in [1.29, 1.82) is 0 Å². The molecular weight excluding hydrogens is 364 g/mol. The van der Waals surface area contributed by atoms with E-state index in [4.69, 9.17) is 13.9 Å². The fraction of sp³-hybridized carbons (Fsp3) is 0.160. The van der Waals surface area contributed by atoms with Crippen molar-refractivity contribution in [1.82, 2.24) is 0 Å². The Balaban J connectivity index is 1.74. The lowest BCUT2D eigenvalue weighted by molar-refractivity contribution is 0.0529. The molecule has 0 aliphatic rings. The molecule has 4 heteroatoms. The van der Waals surface area contributed by atoms with Crippen molar-refractivity contribution in [3.8, 4) is 17.1 Å². The van der Waals surface area contributed by atoms with Crippen molar-refractivity contribution < 1.29 is 18.7 Å². The summed E-state index contributed by atoms with van der Waals surface area (Å²) in [5, 5.41) is 0.685. The zero-order chi connectivity index (χ0) is 20.2. The van der Waals surface area contributed by atoms with Crippen molar-refractivity contribution in [3.05, 3.63) is 89.5 Å². The highest BCUT2D eigenvalue weighted by Crippen LogP contribution is 2.36. The van der Waals surface area contributed by atoms with Gasteiger partial charge in [0.25, 0.3) is 0 Å². The first-order valence-corrected chi connectivity index (χ1v) is 9.63. The van der Waals surface area contributed by atoms with Crippen LogP contribution in [0.3, 0.4) is 0 Å². The third kappa shape index (κ3) is 3.87. The fourth-order valence-electron chi connectivity index (χ4n) is 3.30. The maximum absolute atomic E-state index is 12.7. The number of furan rings is 1. The second kappa shape index (κ2) is 8.23. The van der Waals surface area contributed by atoms with E-state index in [0.717, 1.165) is 11.1 Å². The van der Waals surface area contributed by atoms with Crippen molar-refractivity contribution in [2.45, 2.75) is 20.5 Å². The Kier molecular flexibility index (Phi) is 5.34. The number of esters is 1. The molecule has 4 nitrogen and oxygen atoms in total. The first-order valence-electron chi connectivity index (χ1n) is 9.63. The first-order chi connectivity index (χ1) is 14.2. The number of carbonyl (C=O) groups excluding carboxylic acids is 1. The Hall–Kier alpha value is -3.53. The Morgan fingerprint density at radius 3 is 2.48 bits per heavy atom. The van der Waals surface area contributed by atoms with Crippen LogP contribution in [0.15, 0.2) is 77.2 Å². The predicted molar refractivity (Wildman–Crippen MR) is 113 cm³/mol. The summed E-state index contributed by atoms with van der Waals surface area (Å²) in [4.78, 5) is 12.7. The zero-order valence-electron chi connectivity index (χ0n) is 16.5. The SMILES string of the molecule is CCOC(=O)c1c(-c2ccccc2)oc2ccc(OCc3ccccc3C)cc12. The van der Waals surface area contributed by atoms with E-state index in [1.165, 1.54) is 5.56 Å². The summed E-state index contributed by atoms with van der Waals surface area (Å²) < 4.78 is 17.3. The van der Waals surface area contributed by atoms with Gasteiger partial charge < -0.3 is 13.9 Å². The lowest BCUT2D eigenvalue weighted by Crippen LogP contribution is -2.05. The normalized spacial score (nSPS) is 10.8. The van der Waals surface area contributed by atoms with Crippen LogP contribution in [0.1, 0.15) is 28.4 Å². The number of ether oxygens (including phenoxy) is 2. The monoisotopic (exact) mass is 386 g/mol. The third-order valence-electron chi connectivity index (χ3n) is 4.83. The molecule has 0 saturated heterocycles. The lowest BCUT2D eigenvalue weighted by Gasteiger charge is -2.09. The predicted octanol–water partition coefficient (Wildman–Crippen LogP) is 6.16. The number of benzene rings is 3. The van der Waals surface area contributed by atoms with E-state index in [1.54, 1.807) is 6.92 Å². The number of hydrogen-bond acceptors (Lipinski definition) is 4. The summed E-state index contributed by atoms with van der Waals surface area (Å²) in [6, 6.07) is 23.2. The molecule has 4 aromatic rings. The Bertz CT molecular complexity index is 1140. The molecule has 29 heavy (non-hydrogen) atoms. The molecule has 0 radical (unpaired) electrons. The highest BCUT2D eigenvalue weighted by Gasteiger charge is 2.23. The summed E-state index contributed by atoms with van der Waals surface area (Å²) >= 11 is 0. The van der Waals surface area contributed by atoms with Gasteiger partial charge >= 0.3 is 5.97 Å². The molecule has 0 atom stereocenters. The topological polar surface area (TPSA) is 48.7 Å². The first kappa shape index (κ1) is 18.8. The minimum absolute atomic E-state index is 0.295. The third-order valence-corrected chi connectivity index (χ3v) is 4.83. The van der Waals surface area contributed by atoms with E-state index < -0.39 is 5.97 Å². The number of aryl methyl sites for hydroxylation is 1. The molecule has 4 rings (SSSR count). The molecule has 0 aliphatic heterocycles. The van der Waals surface area contributed by atoms with Gasteiger partial charge in [0, 0.05) is 10.9 Å². The molecule has 0 bridgehead atoms.